The SMILES string of the molecule is CC(C)(c1ccccc1)c1cc[c-]c(-c2[c-]cccc2)c1.[2H]C([2H])([2H])c1c[c-]c(-c2ccc([Si](C)(C)C)cn2)c2sc3ccccc3c12.[Ir+3]. The first-order valence-corrected chi connectivity index (χ1v) is 19.5. The molecule has 0 atom stereocenters. The van der Waals surface area contributed by atoms with E-state index in [4.69, 9.17) is 9.10 Å². The maximum absolute atomic E-state index is 7.95. The van der Waals surface area contributed by atoms with Crippen LogP contribution in [0.15, 0.2) is 121 Å². The number of rotatable bonds is 5. The van der Waals surface area contributed by atoms with Gasteiger partial charge in [-0.1, -0.05) is 106 Å². The molecule has 4 heteroatoms. The number of pyridine rings is 1. The Morgan fingerprint density at radius 2 is 1.50 bits per heavy atom. The van der Waals surface area contributed by atoms with E-state index in [-0.39, 0.29) is 25.5 Å². The first-order chi connectivity index (χ1) is 22.8. The van der Waals surface area contributed by atoms with Crippen LogP contribution in [0.4, 0.5) is 0 Å². The minimum Gasteiger partial charge on any atom is -0.305 e. The van der Waals surface area contributed by atoms with Crippen LogP contribution < -0.4 is 5.19 Å². The van der Waals surface area contributed by atoms with E-state index < -0.39 is 14.9 Å². The number of aromatic nitrogens is 1. The van der Waals surface area contributed by atoms with Gasteiger partial charge in [0.15, 0.2) is 0 Å². The van der Waals surface area contributed by atoms with Gasteiger partial charge in [-0.2, -0.15) is 53.8 Å². The Balaban J connectivity index is 0.000000193. The number of hydrogen-bond donors (Lipinski definition) is 0. The van der Waals surface area contributed by atoms with Gasteiger partial charge in [-0.15, -0.1) is 41.0 Å². The van der Waals surface area contributed by atoms with Crippen LogP contribution >= 0.6 is 11.3 Å². The third kappa shape index (κ3) is 7.01. The van der Waals surface area contributed by atoms with E-state index in [1.165, 1.54) is 16.3 Å². The van der Waals surface area contributed by atoms with Crippen LogP contribution in [0.2, 0.25) is 19.6 Å². The Morgan fingerprint density at radius 1 is 0.761 bits per heavy atom. The summed E-state index contributed by atoms with van der Waals surface area (Å²) in [6.45, 7) is 9.24. The molecule has 0 radical (unpaired) electrons. The molecule has 0 aliphatic rings. The van der Waals surface area contributed by atoms with Crippen molar-refractivity contribution in [1.29, 1.82) is 0 Å². The van der Waals surface area contributed by atoms with Crippen molar-refractivity contribution in [1.82, 2.24) is 4.98 Å². The number of nitrogens with zero attached hydrogens (tertiary/aromatic N) is 1. The normalized spacial score (nSPS) is 12.8. The van der Waals surface area contributed by atoms with E-state index in [9.17, 15) is 0 Å². The van der Waals surface area contributed by atoms with Gasteiger partial charge in [0.25, 0.3) is 0 Å². The van der Waals surface area contributed by atoms with Gasteiger partial charge in [-0.25, -0.2) is 11.1 Å². The van der Waals surface area contributed by atoms with Gasteiger partial charge in [0, 0.05) is 15.0 Å². The second kappa shape index (κ2) is 14.0. The van der Waals surface area contributed by atoms with E-state index in [0.717, 1.165) is 42.6 Å². The van der Waals surface area contributed by atoms with Crippen molar-refractivity contribution in [2.45, 2.75) is 45.8 Å². The molecule has 0 amide bonds. The Morgan fingerprint density at radius 3 is 2.20 bits per heavy atom. The maximum atomic E-state index is 7.95. The van der Waals surface area contributed by atoms with Crippen LogP contribution in [-0.2, 0) is 25.5 Å². The molecular weight excluding hydrogens is 771 g/mol. The molecule has 0 spiro atoms. The molecule has 0 saturated carbocycles. The predicted octanol–water partition coefficient (Wildman–Crippen LogP) is 11.0. The molecule has 0 saturated heterocycles. The number of benzene rings is 5. The third-order valence-corrected chi connectivity index (χ3v) is 11.6. The zero-order valence-electron chi connectivity index (χ0n) is 29.7. The fraction of sp³-hybridized carbons (Fsp3) is 0.167. The summed E-state index contributed by atoms with van der Waals surface area (Å²) in [5.41, 5.74) is 6.84. The summed E-state index contributed by atoms with van der Waals surface area (Å²) in [6.07, 6.45) is 1.96. The van der Waals surface area contributed by atoms with Crippen LogP contribution in [0.5, 0.6) is 0 Å². The average Bonchev–Trinajstić information content (AvgIpc) is 3.48. The molecular formula is C42H38IrNSSi. The Labute approximate surface area is 297 Å². The van der Waals surface area contributed by atoms with Crippen molar-refractivity contribution in [3.63, 3.8) is 0 Å². The van der Waals surface area contributed by atoms with Crippen molar-refractivity contribution < 1.29 is 24.2 Å². The summed E-state index contributed by atoms with van der Waals surface area (Å²) in [7, 11) is -1.42. The largest absolute Gasteiger partial charge is 3.00 e. The maximum Gasteiger partial charge on any atom is 3.00 e. The smallest absolute Gasteiger partial charge is 0.305 e. The van der Waals surface area contributed by atoms with E-state index in [2.05, 4.69) is 106 Å². The molecule has 7 aromatic rings. The molecule has 2 aromatic heterocycles. The van der Waals surface area contributed by atoms with Crippen LogP contribution in [0.25, 0.3) is 42.6 Å². The van der Waals surface area contributed by atoms with Crippen LogP contribution in [0.3, 0.4) is 0 Å². The molecule has 1 nitrogen and oxygen atoms in total. The monoisotopic (exact) mass is 812 g/mol. The van der Waals surface area contributed by atoms with Gasteiger partial charge in [-0.3, -0.25) is 0 Å². The molecule has 2 heterocycles. The van der Waals surface area contributed by atoms with Gasteiger partial charge in [0.05, 0.1) is 8.07 Å². The van der Waals surface area contributed by atoms with Crippen molar-refractivity contribution in [3.8, 4) is 22.4 Å². The average molecular weight is 812 g/mol. The van der Waals surface area contributed by atoms with Crippen LogP contribution in [0, 0.1) is 25.1 Å². The van der Waals surface area contributed by atoms with Crippen LogP contribution in [0.1, 0.15) is 34.7 Å². The Bertz CT molecular complexity index is 2170. The molecule has 46 heavy (non-hydrogen) atoms. The fourth-order valence-electron chi connectivity index (χ4n) is 5.54. The number of hydrogen-bond acceptors (Lipinski definition) is 2. The fourth-order valence-corrected chi connectivity index (χ4v) is 7.81. The molecule has 0 unspecified atom stereocenters. The molecule has 230 valence electrons. The minimum absolute atomic E-state index is 0. The van der Waals surface area contributed by atoms with Crippen LogP contribution in [-0.4, -0.2) is 13.1 Å². The zero-order chi connectivity index (χ0) is 34.1. The second-order valence-electron chi connectivity index (χ2n) is 12.8. The van der Waals surface area contributed by atoms with Gasteiger partial charge in [-0.05, 0) is 38.0 Å². The van der Waals surface area contributed by atoms with Gasteiger partial charge >= 0.3 is 20.1 Å². The number of thiophene rings is 1. The summed E-state index contributed by atoms with van der Waals surface area (Å²) >= 11 is 1.61. The summed E-state index contributed by atoms with van der Waals surface area (Å²) in [6, 6.07) is 48.6. The first-order valence-electron chi connectivity index (χ1n) is 16.7. The third-order valence-electron chi connectivity index (χ3n) is 8.36. The van der Waals surface area contributed by atoms with Crippen molar-refractivity contribution >= 4 is 44.8 Å². The molecule has 0 N–H and O–H groups in total. The summed E-state index contributed by atoms with van der Waals surface area (Å²) in [5, 5.41) is 3.09. The molecule has 0 fully saturated rings. The second-order valence-corrected chi connectivity index (χ2v) is 18.9. The Hall–Kier alpha value is -3.66. The first kappa shape index (κ1) is 29.7. The van der Waals surface area contributed by atoms with E-state index in [0.29, 0.717) is 5.56 Å². The van der Waals surface area contributed by atoms with Gasteiger partial charge in [0.2, 0.25) is 0 Å². The standard InChI is InChI=1S/C21H20NSSi.C21H18.Ir/c1-14-9-11-16(18-12-10-15(13-22-18)24(2,3)4)21-20(14)17-7-5-6-8-19(17)23-21;1-21(2,19-13-7-4-8-14-19)20-15-9-12-18(16-20)17-10-5-3-6-11-17;/h5-10,12-13H,1-4H3;3-10,13-16H,1-2H3;/q-1;-2;+3/i1D3;;. The van der Waals surface area contributed by atoms with E-state index in [1.54, 1.807) is 17.4 Å². The summed E-state index contributed by atoms with van der Waals surface area (Å²) in [4.78, 5) is 4.70. The topological polar surface area (TPSA) is 12.9 Å². The molecule has 7 rings (SSSR count). The van der Waals surface area contributed by atoms with Gasteiger partial charge in [0.1, 0.15) is 0 Å². The van der Waals surface area contributed by atoms with Gasteiger partial charge < -0.3 is 4.98 Å². The van der Waals surface area contributed by atoms with Crippen molar-refractivity contribution in [2.75, 3.05) is 0 Å². The molecule has 5 aromatic carbocycles. The van der Waals surface area contributed by atoms with E-state index in [1.807, 2.05) is 60.8 Å². The minimum atomic E-state index is -2.17. The zero-order valence-corrected chi connectivity index (χ0v) is 30.9. The van der Waals surface area contributed by atoms with Crippen molar-refractivity contribution in [2.24, 2.45) is 0 Å². The number of aryl methyl sites for hydroxylation is 1. The summed E-state index contributed by atoms with van der Waals surface area (Å²) in [5.74, 6) is 0. The van der Waals surface area contributed by atoms with E-state index >= 15 is 0 Å². The molecule has 0 bridgehead atoms. The number of fused-ring (bicyclic) bond motifs is 3. The van der Waals surface area contributed by atoms with Crippen molar-refractivity contribution in [3.05, 3.63) is 156 Å². The summed E-state index contributed by atoms with van der Waals surface area (Å²) < 4.78 is 25.9. The predicted molar refractivity (Wildman–Crippen MR) is 197 cm³/mol. The molecule has 0 aliphatic heterocycles. The quantitative estimate of drug-likeness (QED) is 0.125. The Kier molecular flexibility index (Phi) is 9.04. The molecule has 0 aliphatic carbocycles.